The fourth-order valence-electron chi connectivity index (χ4n) is 5.41. The molecule has 2 saturated heterocycles. The highest BCUT2D eigenvalue weighted by atomic mass is 32.2. The van der Waals surface area contributed by atoms with E-state index in [1.54, 1.807) is 35.4 Å². The number of sulfonamides is 1. The van der Waals surface area contributed by atoms with E-state index >= 15 is 4.39 Å². The number of fused-ring (bicyclic) bond motifs is 2. The number of nitrogens with zero attached hydrogens (tertiary/aromatic N) is 4. The molecule has 1 aromatic heterocycles. The first-order valence-corrected chi connectivity index (χ1v) is 13.7. The Hall–Kier alpha value is -3.90. The summed E-state index contributed by atoms with van der Waals surface area (Å²) in [5.41, 5.74) is 1.48. The van der Waals surface area contributed by atoms with Gasteiger partial charge in [0.15, 0.2) is 0 Å². The number of carbonyl (C=O) groups is 3. The van der Waals surface area contributed by atoms with Crippen LogP contribution in [0.15, 0.2) is 53.6 Å². The zero-order valence-corrected chi connectivity index (χ0v) is 21.1. The lowest BCUT2D eigenvalue weighted by Crippen LogP contribution is -2.52. The molecule has 3 aromatic rings. The van der Waals surface area contributed by atoms with Gasteiger partial charge in [-0.25, -0.2) is 12.8 Å². The van der Waals surface area contributed by atoms with E-state index in [0.29, 0.717) is 11.1 Å². The average molecular weight is 538 g/mol. The fraction of sp³-hybridized carbons (Fsp3) is 0.308. The SMILES string of the molecule is O=C1CCC(N2Cc3cc(N4CCN(S(=O)(=O)c5cccc6cccnc56)CC4)c(F)cc3C2=O)C(=O)N1. The Morgan fingerprint density at radius 2 is 1.76 bits per heavy atom. The second-order valence-electron chi connectivity index (χ2n) is 9.58. The molecule has 10 nitrogen and oxygen atoms in total. The summed E-state index contributed by atoms with van der Waals surface area (Å²) < 4.78 is 43.4. The third-order valence-electron chi connectivity index (χ3n) is 7.38. The molecule has 2 fully saturated rings. The number of aromatic nitrogens is 1. The van der Waals surface area contributed by atoms with Crippen molar-refractivity contribution in [1.29, 1.82) is 0 Å². The molecule has 1 unspecified atom stereocenters. The Kier molecular flexibility index (Phi) is 5.88. The van der Waals surface area contributed by atoms with Crippen LogP contribution >= 0.6 is 0 Å². The summed E-state index contributed by atoms with van der Waals surface area (Å²) in [5.74, 6) is -1.93. The fourth-order valence-corrected chi connectivity index (χ4v) is 7.00. The van der Waals surface area contributed by atoms with E-state index in [9.17, 15) is 22.8 Å². The molecule has 1 N–H and O–H groups in total. The largest absolute Gasteiger partial charge is 0.367 e. The molecule has 0 aliphatic carbocycles. The monoisotopic (exact) mass is 537 g/mol. The number of pyridine rings is 1. The maximum Gasteiger partial charge on any atom is 0.255 e. The Morgan fingerprint density at radius 1 is 1.00 bits per heavy atom. The molecule has 38 heavy (non-hydrogen) atoms. The average Bonchev–Trinajstić information content (AvgIpc) is 3.22. The molecule has 0 saturated carbocycles. The van der Waals surface area contributed by atoms with Crippen LogP contribution in [0.5, 0.6) is 0 Å². The number of hydrogen-bond donors (Lipinski definition) is 1. The summed E-state index contributed by atoms with van der Waals surface area (Å²) in [6, 6.07) is 10.6. The van der Waals surface area contributed by atoms with Crippen LogP contribution in [0, 0.1) is 5.82 Å². The highest BCUT2D eigenvalue weighted by Crippen LogP contribution is 2.33. The van der Waals surface area contributed by atoms with Crippen LogP contribution in [0.4, 0.5) is 10.1 Å². The third-order valence-corrected chi connectivity index (χ3v) is 9.31. The van der Waals surface area contributed by atoms with Crippen molar-refractivity contribution in [3.05, 3.63) is 65.6 Å². The van der Waals surface area contributed by atoms with E-state index in [2.05, 4.69) is 10.3 Å². The van der Waals surface area contributed by atoms with Gasteiger partial charge < -0.3 is 9.80 Å². The molecule has 4 heterocycles. The zero-order valence-electron chi connectivity index (χ0n) is 20.3. The summed E-state index contributed by atoms with van der Waals surface area (Å²) in [6.07, 6.45) is 1.92. The van der Waals surface area contributed by atoms with Gasteiger partial charge in [-0.05, 0) is 36.2 Å². The predicted octanol–water partition coefficient (Wildman–Crippen LogP) is 1.65. The molecule has 196 valence electrons. The quantitative estimate of drug-likeness (QED) is 0.503. The molecule has 3 amide bonds. The van der Waals surface area contributed by atoms with Gasteiger partial charge in [-0.1, -0.05) is 18.2 Å². The van der Waals surface area contributed by atoms with E-state index in [1.807, 2.05) is 12.1 Å². The minimum Gasteiger partial charge on any atom is -0.367 e. The van der Waals surface area contributed by atoms with Gasteiger partial charge in [-0.2, -0.15) is 4.31 Å². The van der Waals surface area contributed by atoms with Crippen molar-refractivity contribution < 1.29 is 27.2 Å². The van der Waals surface area contributed by atoms with E-state index in [0.717, 1.165) is 5.39 Å². The summed E-state index contributed by atoms with van der Waals surface area (Å²) >= 11 is 0. The number of carbonyl (C=O) groups excluding carboxylic acids is 3. The Bertz CT molecular complexity index is 1600. The number of anilines is 1. The molecular weight excluding hydrogens is 513 g/mol. The summed E-state index contributed by atoms with van der Waals surface area (Å²) in [5, 5.41) is 2.98. The van der Waals surface area contributed by atoms with Crippen molar-refractivity contribution in [2.75, 3.05) is 31.1 Å². The lowest BCUT2D eigenvalue weighted by Gasteiger charge is -2.35. The smallest absolute Gasteiger partial charge is 0.255 e. The van der Waals surface area contributed by atoms with E-state index < -0.39 is 33.7 Å². The van der Waals surface area contributed by atoms with Crippen molar-refractivity contribution >= 4 is 44.3 Å². The maximum absolute atomic E-state index is 15.2. The number of benzene rings is 2. The van der Waals surface area contributed by atoms with Gasteiger partial charge in [0.25, 0.3) is 5.91 Å². The van der Waals surface area contributed by atoms with Crippen LogP contribution < -0.4 is 10.2 Å². The molecule has 3 aliphatic heterocycles. The first-order valence-electron chi connectivity index (χ1n) is 12.3. The van der Waals surface area contributed by atoms with E-state index in [1.165, 1.54) is 15.3 Å². The van der Waals surface area contributed by atoms with E-state index in [-0.39, 0.29) is 67.6 Å². The van der Waals surface area contributed by atoms with Gasteiger partial charge in [0.2, 0.25) is 21.8 Å². The topological polar surface area (TPSA) is 120 Å². The standard InChI is InChI=1S/C26H24FN5O5S/c27-19-14-18-17(15-32(26(18)35)20-6-7-23(33)29-25(20)34)13-21(19)30-9-11-31(12-10-30)38(36,37)22-5-1-3-16-4-2-8-28-24(16)22/h1-5,8,13-14,20H,6-7,9-12,15H2,(H,29,33,34). The molecule has 0 bridgehead atoms. The number of para-hydroxylation sites is 1. The number of piperidine rings is 1. The molecule has 0 spiro atoms. The van der Waals surface area contributed by atoms with Crippen LogP contribution in [-0.2, 0) is 26.2 Å². The number of rotatable bonds is 4. The number of halogens is 1. The lowest BCUT2D eigenvalue weighted by atomic mass is 10.0. The number of nitrogens with one attached hydrogen (secondary N) is 1. The van der Waals surface area contributed by atoms with Crippen LogP contribution in [0.2, 0.25) is 0 Å². The number of amides is 3. The van der Waals surface area contributed by atoms with Crippen molar-refractivity contribution in [3.63, 3.8) is 0 Å². The number of imide groups is 1. The highest BCUT2D eigenvalue weighted by molar-refractivity contribution is 7.89. The molecule has 3 aliphatic rings. The first-order chi connectivity index (χ1) is 18.2. The van der Waals surface area contributed by atoms with Gasteiger partial charge in [0.05, 0.1) is 11.2 Å². The van der Waals surface area contributed by atoms with Crippen molar-refractivity contribution in [3.8, 4) is 0 Å². The van der Waals surface area contributed by atoms with Crippen LogP contribution in [0.1, 0.15) is 28.8 Å². The first kappa shape index (κ1) is 24.4. The second kappa shape index (κ2) is 9.14. The summed E-state index contributed by atoms with van der Waals surface area (Å²) in [4.78, 5) is 44.3. The van der Waals surface area contributed by atoms with Gasteiger partial charge >= 0.3 is 0 Å². The van der Waals surface area contributed by atoms with Crippen LogP contribution in [0.3, 0.4) is 0 Å². The molecule has 6 rings (SSSR count). The van der Waals surface area contributed by atoms with Crippen LogP contribution in [0.25, 0.3) is 10.9 Å². The molecule has 2 aromatic carbocycles. The third kappa shape index (κ3) is 4.00. The number of hydrogen-bond acceptors (Lipinski definition) is 7. The van der Waals surface area contributed by atoms with Crippen molar-refractivity contribution in [1.82, 2.24) is 19.5 Å². The van der Waals surface area contributed by atoms with Gasteiger partial charge in [-0.15, -0.1) is 0 Å². The molecule has 0 radical (unpaired) electrons. The minimum absolute atomic E-state index is 0.135. The van der Waals surface area contributed by atoms with Crippen molar-refractivity contribution in [2.45, 2.75) is 30.3 Å². The second-order valence-corrected chi connectivity index (χ2v) is 11.5. The summed E-state index contributed by atoms with van der Waals surface area (Å²) in [7, 11) is -3.81. The molecule has 12 heteroatoms. The highest BCUT2D eigenvalue weighted by Gasteiger charge is 2.40. The minimum atomic E-state index is -3.81. The number of piperazine rings is 1. The molecule has 1 atom stereocenters. The van der Waals surface area contributed by atoms with Gasteiger partial charge in [-0.3, -0.25) is 24.7 Å². The zero-order chi connectivity index (χ0) is 26.6. The summed E-state index contributed by atoms with van der Waals surface area (Å²) in [6.45, 7) is 0.971. The van der Waals surface area contributed by atoms with Gasteiger partial charge in [0, 0.05) is 56.3 Å². The normalized spacial score (nSPS) is 20.7. The Labute approximate surface area is 218 Å². The maximum atomic E-state index is 15.2. The Morgan fingerprint density at radius 3 is 2.53 bits per heavy atom. The predicted molar refractivity (Wildman–Crippen MR) is 135 cm³/mol. The Balaban J connectivity index is 1.20. The van der Waals surface area contributed by atoms with E-state index in [4.69, 9.17) is 0 Å². The lowest BCUT2D eigenvalue weighted by molar-refractivity contribution is -0.136. The van der Waals surface area contributed by atoms with Crippen molar-refractivity contribution in [2.24, 2.45) is 0 Å². The molecular formula is C26H24FN5O5S. The van der Waals surface area contributed by atoms with Crippen LogP contribution in [-0.4, -0.2) is 72.5 Å². The van der Waals surface area contributed by atoms with Gasteiger partial charge in [0.1, 0.15) is 16.8 Å².